The highest BCUT2D eigenvalue weighted by Crippen LogP contribution is 2.34. The Balaban J connectivity index is 1.73. The number of benzene rings is 1. The number of hydrogen-bond donors (Lipinski definition) is 1. The Kier molecular flexibility index (Phi) is 3.11. The fourth-order valence-electron chi connectivity index (χ4n) is 2.91. The maximum atomic E-state index is 13.4. The summed E-state index contributed by atoms with van der Waals surface area (Å²) in [4.78, 5) is 2.40. The van der Waals surface area contributed by atoms with Crippen LogP contribution in [0.5, 0.6) is 0 Å². The lowest BCUT2D eigenvalue weighted by Gasteiger charge is -2.25. The van der Waals surface area contributed by atoms with Crippen molar-refractivity contribution >= 4 is 0 Å². The first-order chi connectivity index (χ1) is 9.16. The van der Waals surface area contributed by atoms with Crippen molar-refractivity contribution in [1.29, 1.82) is 0 Å². The van der Waals surface area contributed by atoms with Crippen molar-refractivity contribution in [2.45, 2.75) is 25.3 Å². The molecule has 4 heteroatoms. The molecule has 19 heavy (non-hydrogen) atoms. The van der Waals surface area contributed by atoms with Gasteiger partial charge in [0, 0.05) is 30.3 Å². The van der Waals surface area contributed by atoms with Gasteiger partial charge >= 0.3 is 0 Å². The van der Waals surface area contributed by atoms with E-state index in [9.17, 15) is 4.39 Å². The molecule has 1 aliphatic rings. The molecule has 1 saturated heterocycles. The number of likely N-dealkylation sites (tertiary alicyclic amines) is 1. The normalized spacial score (nSPS) is 23.9. The molecule has 2 aromatic rings. The van der Waals surface area contributed by atoms with Crippen molar-refractivity contribution in [3.05, 3.63) is 53.6 Å². The fourth-order valence-corrected chi connectivity index (χ4v) is 2.91. The quantitative estimate of drug-likeness (QED) is 0.919. The first kappa shape index (κ1) is 12.4. The molecule has 100 valence electrons. The zero-order chi connectivity index (χ0) is 13.3. The zero-order valence-electron chi connectivity index (χ0n) is 11.1. The molecule has 0 radical (unpaired) electrons. The van der Waals surface area contributed by atoms with E-state index in [0.29, 0.717) is 0 Å². The zero-order valence-corrected chi connectivity index (χ0v) is 11.1. The maximum Gasteiger partial charge on any atom is 0.123 e. The van der Waals surface area contributed by atoms with E-state index in [1.54, 1.807) is 12.1 Å². The third-order valence-corrected chi connectivity index (χ3v) is 4.03. The van der Waals surface area contributed by atoms with E-state index in [-0.39, 0.29) is 11.2 Å². The summed E-state index contributed by atoms with van der Waals surface area (Å²) in [5.41, 5.74) is 2.34. The monoisotopic (exact) mass is 259 g/mol. The van der Waals surface area contributed by atoms with Crippen LogP contribution in [0.4, 0.5) is 4.39 Å². The second-order valence-corrected chi connectivity index (χ2v) is 5.64. The van der Waals surface area contributed by atoms with Crippen molar-refractivity contribution in [1.82, 2.24) is 15.1 Å². The van der Waals surface area contributed by atoms with E-state index < -0.39 is 0 Å². The summed E-state index contributed by atoms with van der Waals surface area (Å²) >= 11 is 0. The van der Waals surface area contributed by atoms with Gasteiger partial charge in [-0.2, -0.15) is 5.10 Å². The van der Waals surface area contributed by atoms with Gasteiger partial charge in [0.05, 0.1) is 6.20 Å². The van der Waals surface area contributed by atoms with Gasteiger partial charge in [-0.15, -0.1) is 0 Å². The lowest BCUT2D eigenvalue weighted by Crippen LogP contribution is -2.28. The smallest absolute Gasteiger partial charge is 0.123 e. The van der Waals surface area contributed by atoms with Crippen LogP contribution in [-0.4, -0.2) is 28.2 Å². The second kappa shape index (κ2) is 4.78. The maximum absolute atomic E-state index is 13.4. The minimum absolute atomic E-state index is 0.0475. The summed E-state index contributed by atoms with van der Waals surface area (Å²) in [6, 6.07) is 7.01. The number of hydrogen-bond acceptors (Lipinski definition) is 2. The summed E-state index contributed by atoms with van der Waals surface area (Å²) in [5.74, 6) is -0.146. The molecule has 0 saturated carbocycles. The van der Waals surface area contributed by atoms with Crippen molar-refractivity contribution in [3.63, 3.8) is 0 Å². The summed E-state index contributed by atoms with van der Waals surface area (Å²) in [6.45, 7) is 5.12. The Bertz CT molecular complexity index is 552. The Morgan fingerprint density at radius 1 is 1.47 bits per heavy atom. The Morgan fingerprint density at radius 3 is 3.11 bits per heavy atom. The van der Waals surface area contributed by atoms with Crippen molar-refractivity contribution in [3.8, 4) is 0 Å². The number of halogens is 1. The van der Waals surface area contributed by atoms with Gasteiger partial charge in [0.1, 0.15) is 5.82 Å². The van der Waals surface area contributed by atoms with Crippen molar-refractivity contribution in [2.75, 3.05) is 13.1 Å². The molecule has 3 nitrogen and oxygen atoms in total. The van der Waals surface area contributed by atoms with Gasteiger partial charge in [0.2, 0.25) is 0 Å². The lowest BCUT2D eigenvalue weighted by atomic mass is 9.82. The molecular formula is C15H18FN3. The Morgan fingerprint density at radius 2 is 2.37 bits per heavy atom. The van der Waals surface area contributed by atoms with E-state index in [1.807, 2.05) is 18.5 Å². The predicted molar refractivity (Wildman–Crippen MR) is 72.2 cm³/mol. The van der Waals surface area contributed by atoms with Crippen LogP contribution in [-0.2, 0) is 12.0 Å². The number of H-pyrrole nitrogens is 1. The number of rotatable bonds is 3. The third kappa shape index (κ3) is 2.54. The topological polar surface area (TPSA) is 31.9 Å². The summed E-state index contributed by atoms with van der Waals surface area (Å²) < 4.78 is 13.4. The Labute approximate surface area is 112 Å². The summed E-state index contributed by atoms with van der Waals surface area (Å²) in [5, 5.41) is 6.81. The van der Waals surface area contributed by atoms with Crippen LogP contribution in [0.2, 0.25) is 0 Å². The molecule has 1 aromatic heterocycles. The van der Waals surface area contributed by atoms with Crippen LogP contribution < -0.4 is 0 Å². The summed E-state index contributed by atoms with van der Waals surface area (Å²) in [7, 11) is 0. The summed E-state index contributed by atoms with van der Waals surface area (Å²) in [6.07, 6.45) is 4.85. The SMILES string of the molecule is CC1(c2cccc(F)c2)CCN(Cc2cn[nH]c2)C1. The number of aromatic nitrogens is 2. The van der Waals surface area contributed by atoms with Gasteiger partial charge in [-0.05, 0) is 30.7 Å². The molecule has 1 unspecified atom stereocenters. The van der Waals surface area contributed by atoms with Gasteiger partial charge in [0.15, 0.2) is 0 Å². The van der Waals surface area contributed by atoms with Crippen LogP contribution in [0.25, 0.3) is 0 Å². The fraction of sp³-hybridized carbons (Fsp3) is 0.400. The molecule has 1 fully saturated rings. The molecule has 1 aromatic carbocycles. The standard InChI is InChI=1S/C15H18FN3/c1-15(13-3-2-4-14(16)7-13)5-6-19(11-15)10-12-8-17-18-9-12/h2-4,7-9H,5-6,10-11H2,1H3,(H,17,18). The molecule has 1 aliphatic heterocycles. The van der Waals surface area contributed by atoms with Gasteiger partial charge < -0.3 is 0 Å². The van der Waals surface area contributed by atoms with E-state index in [4.69, 9.17) is 0 Å². The van der Waals surface area contributed by atoms with Crippen LogP contribution in [0.15, 0.2) is 36.7 Å². The van der Waals surface area contributed by atoms with Gasteiger partial charge in [0.25, 0.3) is 0 Å². The lowest BCUT2D eigenvalue weighted by molar-refractivity contribution is 0.309. The van der Waals surface area contributed by atoms with Gasteiger partial charge in [-0.1, -0.05) is 19.1 Å². The molecule has 0 aliphatic carbocycles. The molecule has 1 atom stereocenters. The average molecular weight is 259 g/mol. The molecular weight excluding hydrogens is 241 g/mol. The van der Waals surface area contributed by atoms with Crippen LogP contribution in [0, 0.1) is 5.82 Å². The third-order valence-electron chi connectivity index (χ3n) is 4.03. The highest BCUT2D eigenvalue weighted by molar-refractivity contribution is 5.27. The van der Waals surface area contributed by atoms with Crippen molar-refractivity contribution < 1.29 is 4.39 Å². The van der Waals surface area contributed by atoms with Crippen LogP contribution in [0.1, 0.15) is 24.5 Å². The number of aromatic amines is 1. The molecule has 0 bridgehead atoms. The minimum Gasteiger partial charge on any atom is -0.298 e. The first-order valence-electron chi connectivity index (χ1n) is 6.62. The molecule has 2 heterocycles. The van der Waals surface area contributed by atoms with Crippen LogP contribution in [0.3, 0.4) is 0 Å². The first-order valence-corrected chi connectivity index (χ1v) is 6.62. The van der Waals surface area contributed by atoms with E-state index >= 15 is 0 Å². The van der Waals surface area contributed by atoms with E-state index in [2.05, 4.69) is 22.0 Å². The minimum atomic E-state index is -0.146. The molecule has 1 N–H and O–H groups in total. The van der Waals surface area contributed by atoms with Gasteiger partial charge in [-0.3, -0.25) is 10.00 Å². The van der Waals surface area contributed by atoms with Gasteiger partial charge in [-0.25, -0.2) is 4.39 Å². The number of nitrogens with zero attached hydrogens (tertiary/aromatic N) is 2. The van der Waals surface area contributed by atoms with Crippen molar-refractivity contribution in [2.24, 2.45) is 0 Å². The average Bonchev–Trinajstić information content (AvgIpc) is 3.01. The molecule has 3 rings (SSSR count). The highest BCUT2D eigenvalue weighted by atomic mass is 19.1. The Hall–Kier alpha value is -1.68. The second-order valence-electron chi connectivity index (χ2n) is 5.64. The predicted octanol–water partition coefficient (Wildman–Crippen LogP) is 2.71. The largest absolute Gasteiger partial charge is 0.298 e. The molecule has 0 spiro atoms. The van der Waals surface area contributed by atoms with E-state index in [1.165, 1.54) is 11.6 Å². The number of nitrogens with one attached hydrogen (secondary N) is 1. The van der Waals surface area contributed by atoms with Crippen LogP contribution >= 0.6 is 0 Å². The molecule has 0 amide bonds. The van der Waals surface area contributed by atoms with E-state index in [0.717, 1.165) is 31.6 Å². The highest BCUT2D eigenvalue weighted by Gasteiger charge is 2.35.